The van der Waals surface area contributed by atoms with E-state index in [9.17, 15) is 14.7 Å². The van der Waals surface area contributed by atoms with Gasteiger partial charge in [-0.2, -0.15) is 0 Å². The lowest BCUT2D eigenvalue weighted by Gasteiger charge is -2.24. The molecule has 2 heterocycles. The van der Waals surface area contributed by atoms with E-state index in [0.29, 0.717) is 16.5 Å². The molecule has 1 unspecified atom stereocenters. The third kappa shape index (κ3) is 2.57. The highest BCUT2D eigenvalue weighted by atomic mass is 79.9. The largest absolute Gasteiger partial charge is 0.450 e. The van der Waals surface area contributed by atoms with Crippen LogP contribution in [0.15, 0.2) is 56.1 Å². The highest BCUT2D eigenvalue weighted by molar-refractivity contribution is 9.10. The van der Waals surface area contributed by atoms with Gasteiger partial charge < -0.3 is 14.4 Å². The Morgan fingerprint density at radius 2 is 2.00 bits per heavy atom. The fraction of sp³-hybridized carbons (Fsp3) is 0.200. The maximum absolute atomic E-state index is 13.2. The lowest BCUT2D eigenvalue weighted by atomic mass is 9.98. The van der Waals surface area contributed by atoms with Gasteiger partial charge in [-0.25, -0.2) is 0 Å². The number of rotatable bonds is 3. The first kappa shape index (κ1) is 17.0. The van der Waals surface area contributed by atoms with Crippen LogP contribution in [-0.2, 0) is 0 Å². The topological polar surface area (TPSA) is 70.8 Å². The number of aliphatic hydroxyl groups excluding tert-OH is 1. The Balaban J connectivity index is 2.03. The molecule has 1 aliphatic rings. The summed E-state index contributed by atoms with van der Waals surface area (Å²) in [5.74, 6) is -0.316. The smallest absolute Gasteiger partial charge is 0.290 e. The van der Waals surface area contributed by atoms with Crippen molar-refractivity contribution < 1.29 is 14.3 Å². The van der Waals surface area contributed by atoms with E-state index in [1.807, 2.05) is 37.3 Å². The number of hydrogen-bond acceptors (Lipinski definition) is 4. The van der Waals surface area contributed by atoms with Crippen molar-refractivity contribution in [1.29, 1.82) is 0 Å². The van der Waals surface area contributed by atoms with E-state index in [0.717, 1.165) is 15.6 Å². The number of hydrogen-bond donors (Lipinski definition) is 1. The van der Waals surface area contributed by atoms with Gasteiger partial charge in [-0.1, -0.05) is 39.7 Å². The molecule has 0 fully saturated rings. The van der Waals surface area contributed by atoms with Crippen molar-refractivity contribution in [2.75, 3.05) is 13.2 Å². The maximum Gasteiger partial charge on any atom is 0.290 e. The Hall–Kier alpha value is -2.44. The number of carbonyl (C=O) groups is 1. The minimum Gasteiger partial charge on any atom is -0.450 e. The molecule has 1 amide bonds. The Morgan fingerprint density at radius 1 is 1.19 bits per heavy atom. The normalized spacial score (nSPS) is 16.3. The SMILES string of the molecule is Cc1ccc2oc3c(c(=O)c2c1)C(c1cccc(Br)c1)N(CCO)C3=O. The standard InChI is InChI=1S/C20H16BrNO4/c1-11-5-6-15-14(9-11)18(24)16-17(12-3-2-4-13(21)10-12)22(7-8-23)20(25)19(16)26-15/h2-6,9-10,17,23H,7-8H2,1H3. The second-order valence-electron chi connectivity index (χ2n) is 6.35. The number of amides is 1. The molecule has 1 atom stereocenters. The van der Waals surface area contributed by atoms with Crippen LogP contribution in [0.25, 0.3) is 11.0 Å². The van der Waals surface area contributed by atoms with Gasteiger partial charge in [0, 0.05) is 11.0 Å². The van der Waals surface area contributed by atoms with Gasteiger partial charge in [-0.3, -0.25) is 9.59 Å². The third-order valence-corrected chi connectivity index (χ3v) is 5.12. The summed E-state index contributed by atoms with van der Waals surface area (Å²) in [6.45, 7) is 1.83. The van der Waals surface area contributed by atoms with Crippen LogP contribution in [-0.4, -0.2) is 29.1 Å². The molecule has 0 aliphatic carbocycles. The Kier molecular flexibility index (Phi) is 4.17. The molecule has 5 nitrogen and oxygen atoms in total. The number of carbonyl (C=O) groups excluding carboxylic acids is 1. The van der Waals surface area contributed by atoms with Crippen molar-refractivity contribution >= 4 is 32.8 Å². The van der Waals surface area contributed by atoms with Crippen LogP contribution in [0.4, 0.5) is 0 Å². The van der Waals surface area contributed by atoms with Crippen LogP contribution in [0, 0.1) is 6.92 Å². The zero-order valence-electron chi connectivity index (χ0n) is 14.0. The molecule has 3 aromatic rings. The Labute approximate surface area is 158 Å². The number of nitrogens with zero attached hydrogens (tertiary/aromatic N) is 1. The van der Waals surface area contributed by atoms with Crippen molar-refractivity contribution in [1.82, 2.24) is 4.90 Å². The number of β-amino-alcohol motifs (C(OH)–C–C–N with tert-alkyl or cyclic N) is 1. The summed E-state index contributed by atoms with van der Waals surface area (Å²) in [6, 6.07) is 12.2. The van der Waals surface area contributed by atoms with Crippen molar-refractivity contribution in [3.05, 3.63) is 79.6 Å². The van der Waals surface area contributed by atoms with Gasteiger partial charge >= 0.3 is 0 Å². The molecular weight excluding hydrogens is 398 g/mol. The first-order chi connectivity index (χ1) is 12.5. The number of benzene rings is 2. The van der Waals surface area contributed by atoms with E-state index in [2.05, 4.69) is 15.9 Å². The quantitative estimate of drug-likeness (QED) is 0.713. The summed E-state index contributed by atoms with van der Waals surface area (Å²) in [7, 11) is 0. The van der Waals surface area contributed by atoms with Crippen molar-refractivity contribution in [2.45, 2.75) is 13.0 Å². The molecule has 0 spiro atoms. The molecule has 6 heteroatoms. The number of aryl methyl sites for hydroxylation is 1. The van der Waals surface area contributed by atoms with Gasteiger partial charge in [-0.05, 0) is 36.8 Å². The van der Waals surface area contributed by atoms with Crippen molar-refractivity contribution in [2.24, 2.45) is 0 Å². The molecule has 132 valence electrons. The zero-order chi connectivity index (χ0) is 18.4. The molecule has 0 bridgehead atoms. The predicted octanol–water partition coefficient (Wildman–Crippen LogP) is 3.40. The maximum atomic E-state index is 13.2. The number of halogens is 1. The van der Waals surface area contributed by atoms with Gasteiger partial charge in [0.25, 0.3) is 5.91 Å². The van der Waals surface area contributed by atoms with Gasteiger partial charge in [-0.15, -0.1) is 0 Å². The lowest BCUT2D eigenvalue weighted by molar-refractivity contribution is 0.0691. The molecule has 1 N–H and O–H groups in total. The minimum atomic E-state index is -0.580. The van der Waals surface area contributed by atoms with Crippen LogP contribution in [0.1, 0.15) is 33.3 Å². The van der Waals surface area contributed by atoms with Gasteiger partial charge in [0.05, 0.1) is 23.6 Å². The monoisotopic (exact) mass is 413 g/mol. The lowest BCUT2D eigenvalue weighted by Crippen LogP contribution is -2.32. The van der Waals surface area contributed by atoms with E-state index < -0.39 is 6.04 Å². The van der Waals surface area contributed by atoms with E-state index in [4.69, 9.17) is 4.42 Å². The van der Waals surface area contributed by atoms with E-state index in [1.54, 1.807) is 12.1 Å². The summed E-state index contributed by atoms with van der Waals surface area (Å²) in [5.41, 5.74) is 2.26. The van der Waals surface area contributed by atoms with Crippen LogP contribution < -0.4 is 5.43 Å². The second kappa shape index (κ2) is 6.37. The summed E-state index contributed by atoms with van der Waals surface area (Å²) < 4.78 is 6.67. The van der Waals surface area contributed by atoms with Crippen LogP contribution in [0.2, 0.25) is 0 Å². The Morgan fingerprint density at radius 3 is 2.73 bits per heavy atom. The molecule has 4 rings (SSSR count). The number of aliphatic hydroxyl groups is 1. The highest BCUT2D eigenvalue weighted by Crippen LogP contribution is 2.38. The van der Waals surface area contributed by atoms with Crippen molar-refractivity contribution in [3.8, 4) is 0 Å². The fourth-order valence-electron chi connectivity index (χ4n) is 3.50. The molecule has 1 aromatic heterocycles. The molecule has 26 heavy (non-hydrogen) atoms. The molecule has 0 radical (unpaired) electrons. The third-order valence-electron chi connectivity index (χ3n) is 4.63. The zero-order valence-corrected chi connectivity index (χ0v) is 15.6. The predicted molar refractivity (Wildman–Crippen MR) is 101 cm³/mol. The van der Waals surface area contributed by atoms with Crippen LogP contribution in [0.5, 0.6) is 0 Å². The first-order valence-corrected chi connectivity index (χ1v) is 9.05. The summed E-state index contributed by atoms with van der Waals surface area (Å²) in [6.07, 6.45) is 0. The van der Waals surface area contributed by atoms with Gasteiger partial charge in [0.1, 0.15) is 5.58 Å². The first-order valence-electron chi connectivity index (χ1n) is 8.26. The summed E-state index contributed by atoms with van der Waals surface area (Å²) in [4.78, 5) is 27.6. The highest BCUT2D eigenvalue weighted by Gasteiger charge is 2.42. The molecular formula is C20H16BrNO4. The van der Waals surface area contributed by atoms with E-state index >= 15 is 0 Å². The molecule has 0 saturated heterocycles. The van der Waals surface area contributed by atoms with Crippen LogP contribution >= 0.6 is 15.9 Å². The average molecular weight is 414 g/mol. The van der Waals surface area contributed by atoms with Crippen LogP contribution in [0.3, 0.4) is 0 Å². The average Bonchev–Trinajstić information content (AvgIpc) is 2.89. The molecule has 0 saturated carbocycles. The van der Waals surface area contributed by atoms with E-state index in [-0.39, 0.29) is 30.2 Å². The van der Waals surface area contributed by atoms with Gasteiger partial charge in [0.15, 0.2) is 5.43 Å². The Bertz CT molecular complexity index is 1090. The number of fused-ring (bicyclic) bond motifs is 2. The molecule has 2 aromatic carbocycles. The second-order valence-corrected chi connectivity index (χ2v) is 7.27. The summed E-state index contributed by atoms with van der Waals surface area (Å²) >= 11 is 3.44. The molecule has 1 aliphatic heterocycles. The fourth-order valence-corrected chi connectivity index (χ4v) is 3.91. The van der Waals surface area contributed by atoms with E-state index in [1.165, 1.54) is 4.90 Å². The summed E-state index contributed by atoms with van der Waals surface area (Å²) in [5, 5.41) is 9.89. The van der Waals surface area contributed by atoms with Crippen molar-refractivity contribution in [3.63, 3.8) is 0 Å². The minimum absolute atomic E-state index is 0.0600. The van der Waals surface area contributed by atoms with Gasteiger partial charge in [0.2, 0.25) is 5.76 Å².